The maximum atomic E-state index is 4.97. The summed E-state index contributed by atoms with van der Waals surface area (Å²) in [4.78, 5) is 8.95. The summed E-state index contributed by atoms with van der Waals surface area (Å²) >= 11 is 0. The standard InChI is InChI=1S/C9H12N2O/c1-8(11(2)12-3)9-5-4-6-10-7-9/h4-7H,1H2,2-3H3. The molecule has 1 aromatic heterocycles. The zero-order valence-electron chi connectivity index (χ0n) is 7.32. The van der Waals surface area contributed by atoms with E-state index in [0.29, 0.717) is 0 Å². The zero-order chi connectivity index (χ0) is 8.97. The van der Waals surface area contributed by atoms with Crippen molar-refractivity contribution in [3.8, 4) is 0 Å². The molecule has 64 valence electrons. The Morgan fingerprint density at radius 2 is 2.42 bits per heavy atom. The summed E-state index contributed by atoms with van der Waals surface area (Å²) in [7, 11) is 3.40. The van der Waals surface area contributed by atoms with E-state index in [0.717, 1.165) is 11.3 Å². The van der Waals surface area contributed by atoms with Crippen LogP contribution < -0.4 is 0 Å². The maximum absolute atomic E-state index is 4.97. The molecule has 1 aromatic rings. The van der Waals surface area contributed by atoms with Crippen LogP contribution in [0.3, 0.4) is 0 Å². The van der Waals surface area contributed by atoms with Crippen LogP contribution >= 0.6 is 0 Å². The Morgan fingerprint density at radius 1 is 1.67 bits per heavy atom. The SMILES string of the molecule is C=C(c1cccnc1)N(C)OC. The molecule has 0 aliphatic heterocycles. The summed E-state index contributed by atoms with van der Waals surface area (Å²) in [5.74, 6) is 0. The molecule has 0 bridgehead atoms. The van der Waals surface area contributed by atoms with Gasteiger partial charge >= 0.3 is 0 Å². The predicted octanol–water partition coefficient (Wildman–Crippen LogP) is 1.55. The fourth-order valence-electron chi connectivity index (χ4n) is 0.825. The van der Waals surface area contributed by atoms with E-state index < -0.39 is 0 Å². The molecule has 3 heteroatoms. The van der Waals surface area contributed by atoms with E-state index in [9.17, 15) is 0 Å². The van der Waals surface area contributed by atoms with Gasteiger partial charge in [0.25, 0.3) is 0 Å². The van der Waals surface area contributed by atoms with Crippen LogP contribution in [0.15, 0.2) is 31.1 Å². The number of hydroxylamine groups is 2. The molecule has 12 heavy (non-hydrogen) atoms. The highest BCUT2D eigenvalue weighted by molar-refractivity contribution is 5.59. The summed E-state index contributed by atoms with van der Waals surface area (Å²) in [6.07, 6.45) is 3.47. The fourth-order valence-corrected chi connectivity index (χ4v) is 0.825. The molecule has 0 N–H and O–H groups in total. The zero-order valence-corrected chi connectivity index (χ0v) is 7.32. The lowest BCUT2D eigenvalue weighted by atomic mass is 10.2. The van der Waals surface area contributed by atoms with Crippen LogP contribution in [0.4, 0.5) is 0 Å². The number of nitrogens with zero attached hydrogens (tertiary/aromatic N) is 2. The number of rotatable bonds is 3. The van der Waals surface area contributed by atoms with Gasteiger partial charge in [-0.3, -0.25) is 14.9 Å². The van der Waals surface area contributed by atoms with Crippen LogP contribution in [0.25, 0.3) is 5.70 Å². The number of hydrogen-bond donors (Lipinski definition) is 0. The van der Waals surface area contributed by atoms with E-state index in [2.05, 4.69) is 11.6 Å². The second-order valence-electron chi connectivity index (χ2n) is 2.37. The Balaban J connectivity index is 2.79. The minimum Gasteiger partial charge on any atom is -0.277 e. The van der Waals surface area contributed by atoms with Gasteiger partial charge in [0.15, 0.2) is 0 Å². The molecule has 1 heterocycles. The quantitative estimate of drug-likeness (QED) is 0.634. The highest BCUT2D eigenvalue weighted by Gasteiger charge is 2.02. The molecular formula is C9H12N2O. The summed E-state index contributed by atoms with van der Waals surface area (Å²) < 4.78 is 0. The molecule has 0 amide bonds. The number of aromatic nitrogens is 1. The third kappa shape index (κ3) is 1.83. The van der Waals surface area contributed by atoms with Crippen molar-refractivity contribution < 1.29 is 4.84 Å². The van der Waals surface area contributed by atoms with Crippen LogP contribution in [0.5, 0.6) is 0 Å². The van der Waals surface area contributed by atoms with E-state index in [-0.39, 0.29) is 0 Å². The first-order valence-corrected chi connectivity index (χ1v) is 3.63. The molecule has 0 fully saturated rings. The van der Waals surface area contributed by atoms with E-state index >= 15 is 0 Å². The van der Waals surface area contributed by atoms with Crippen molar-refractivity contribution in [3.63, 3.8) is 0 Å². The van der Waals surface area contributed by atoms with Gasteiger partial charge in [-0.1, -0.05) is 6.58 Å². The Hall–Kier alpha value is -1.35. The first kappa shape index (κ1) is 8.74. The van der Waals surface area contributed by atoms with Crippen molar-refractivity contribution >= 4 is 5.70 Å². The first-order chi connectivity index (χ1) is 5.75. The monoisotopic (exact) mass is 164 g/mol. The van der Waals surface area contributed by atoms with Crippen molar-refractivity contribution in [2.75, 3.05) is 14.2 Å². The molecule has 0 atom stereocenters. The van der Waals surface area contributed by atoms with Gasteiger partial charge in [-0.05, 0) is 12.1 Å². The predicted molar refractivity (Wildman–Crippen MR) is 48.0 cm³/mol. The summed E-state index contributed by atoms with van der Waals surface area (Å²) in [6, 6.07) is 3.80. The van der Waals surface area contributed by atoms with E-state index in [1.807, 2.05) is 12.1 Å². The topological polar surface area (TPSA) is 25.4 Å². The maximum Gasteiger partial charge on any atom is 0.0649 e. The van der Waals surface area contributed by atoms with Crippen LogP contribution in [-0.2, 0) is 4.84 Å². The normalized spacial score (nSPS) is 9.50. The highest BCUT2D eigenvalue weighted by Crippen LogP contribution is 2.13. The van der Waals surface area contributed by atoms with Crippen molar-refractivity contribution in [3.05, 3.63) is 36.7 Å². The van der Waals surface area contributed by atoms with E-state index in [4.69, 9.17) is 4.84 Å². The van der Waals surface area contributed by atoms with Crippen LogP contribution in [0, 0.1) is 0 Å². The van der Waals surface area contributed by atoms with Crippen molar-refractivity contribution in [1.82, 2.24) is 10.0 Å². The van der Waals surface area contributed by atoms with Gasteiger partial charge in [0.1, 0.15) is 0 Å². The van der Waals surface area contributed by atoms with Crippen molar-refractivity contribution in [2.45, 2.75) is 0 Å². The van der Waals surface area contributed by atoms with Crippen LogP contribution in [0.1, 0.15) is 5.56 Å². The third-order valence-electron chi connectivity index (χ3n) is 1.65. The second kappa shape index (κ2) is 3.88. The molecule has 0 spiro atoms. The largest absolute Gasteiger partial charge is 0.277 e. The molecular weight excluding hydrogens is 152 g/mol. The lowest BCUT2D eigenvalue weighted by molar-refractivity contribution is -0.0524. The lowest BCUT2D eigenvalue weighted by Crippen LogP contribution is -2.13. The smallest absolute Gasteiger partial charge is 0.0649 e. The Morgan fingerprint density at radius 3 is 2.92 bits per heavy atom. The van der Waals surface area contributed by atoms with E-state index in [1.54, 1.807) is 31.6 Å². The van der Waals surface area contributed by atoms with Crippen molar-refractivity contribution in [1.29, 1.82) is 0 Å². The summed E-state index contributed by atoms with van der Waals surface area (Å²) in [6.45, 7) is 3.86. The second-order valence-corrected chi connectivity index (χ2v) is 2.37. The minimum absolute atomic E-state index is 0.797. The lowest BCUT2D eigenvalue weighted by Gasteiger charge is -2.17. The Kier molecular flexibility index (Phi) is 2.82. The molecule has 1 rings (SSSR count). The molecule has 0 radical (unpaired) electrons. The Bertz CT molecular complexity index is 258. The molecule has 0 unspecified atom stereocenters. The summed E-state index contributed by atoms with van der Waals surface area (Å²) in [5, 5.41) is 1.59. The van der Waals surface area contributed by atoms with Crippen molar-refractivity contribution in [2.24, 2.45) is 0 Å². The molecule has 0 saturated carbocycles. The molecule has 3 nitrogen and oxygen atoms in total. The average Bonchev–Trinajstić information content (AvgIpc) is 2.17. The van der Waals surface area contributed by atoms with Gasteiger partial charge in [-0.15, -0.1) is 0 Å². The van der Waals surface area contributed by atoms with Gasteiger partial charge in [0, 0.05) is 25.0 Å². The number of pyridine rings is 1. The van der Waals surface area contributed by atoms with Crippen LogP contribution in [0.2, 0.25) is 0 Å². The molecule has 0 aliphatic rings. The molecule has 0 aliphatic carbocycles. The minimum atomic E-state index is 0.797. The highest BCUT2D eigenvalue weighted by atomic mass is 16.7. The van der Waals surface area contributed by atoms with Gasteiger partial charge in [-0.2, -0.15) is 0 Å². The average molecular weight is 164 g/mol. The third-order valence-corrected chi connectivity index (χ3v) is 1.65. The Labute approximate surface area is 72.2 Å². The van der Waals surface area contributed by atoms with Gasteiger partial charge < -0.3 is 0 Å². The fraction of sp³-hybridized carbons (Fsp3) is 0.222. The first-order valence-electron chi connectivity index (χ1n) is 3.63. The van der Waals surface area contributed by atoms with Crippen LogP contribution in [-0.4, -0.2) is 24.2 Å². The number of hydrogen-bond acceptors (Lipinski definition) is 3. The van der Waals surface area contributed by atoms with Gasteiger partial charge in [0.2, 0.25) is 0 Å². The molecule has 0 aromatic carbocycles. The van der Waals surface area contributed by atoms with E-state index in [1.165, 1.54) is 0 Å². The summed E-state index contributed by atoms with van der Waals surface area (Å²) in [5.41, 5.74) is 1.76. The molecule has 0 saturated heterocycles. The van der Waals surface area contributed by atoms with Gasteiger partial charge in [-0.25, -0.2) is 0 Å². The van der Waals surface area contributed by atoms with Gasteiger partial charge in [0.05, 0.1) is 12.8 Å².